The number of ether oxygens (including phenoxy) is 1. The molecule has 0 saturated heterocycles. The first-order chi connectivity index (χ1) is 15.4. The maximum absolute atomic E-state index is 13.3. The van der Waals surface area contributed by atoms with E-state index in [1.165, 1.54) is 13.0 Å². The third kappa shape index (κ3) is 5.28. The number of H-pyrrole nitrogens is 1. The number of aromatic nitrogens is 2. The van der Waals surface area contributed by atoms with Crippen molar-refractivity contribution in [2.75, 3.05) is 19.7 Å². The first kappa shape index (κ1) is 23.7. The topological polar surface area (TPSA) is 94.0 Å². The maximum atomic E-state index is 13.3. The highest BCUT2D eigenvalue weighted by molar-refractivity contribution is 5.91. The summed E-state index contributed by atoms with van der Waals surface area (Å²) in [5.74, 6) is 0.424. The summed E-state index contributed by atoms with van der Waals surface area (Å²) in [6.45, 7) is 8.54. The molecule has 0 spiro atoms. The van der Waals surface area contributed by atoms with E-state index >= 15 is 0 Å². The van der Waals surface area contributed by atoms with Crippen LogP contribution in [0, 0.1) is 18.3 Å². The lowest BCUT2D eigenvalue weighted by atomic mass is 9.89. The average molecular weight is 442 g/mol. The number of carbonyl (C=O) groups excluding carboxylic acids is 1. The van der Waals surface area contributed by atoms with Gasteiger partial charge in [-0.05, 0) is 59.5 Å². The van der Waals surface area contributed by atoms with Crippen molar-refractivity contribution in [2.24, 2.45) is 0 Å². The fraction of sp³-hybridized carbons (Fsp3) is 0.542. The maximum Gasteiger partial charge on any atom is 0.289 e. The van der Waals surface area contributed by atoms with Gasteiger partial charge >= 0.3 is 0 Å². The summed E-state index contributed by atoms with van der Waals surface area (Å²) in [6, 6.07) is 2.56. The Hall–Kier alpha value is -2.92. The SMILES string of the molecule is C/C=C1\COC(CNC2CCCC(N(CC)C(=O)c3nc(/C=C(\C)F)c(C)[nH]3)C2)=C1C#N. The minimum atomic E-state index is -0.352. The quantitative estimate of drug-likeness (QED) is 0.662. The molecule has 7 nitrogen and oxygen atoms in total. The minimum Gasteiger partial charge on any atom is -0.490 e. The zero-order valence-electron chi connectivity index (χ0n) is 19.3. The van der Waals surface area contributed by atoms with Crippen molar-refractivity contribution in [3.63, 3.8) is 0 Å². The van der Waals surface area contributed by atoms with Crippen LogP contribution in [-0.4, -0.2) is 52.6 Å². The molecule has 32 heavy (non-hydrogen) atoms. The third-order valence-corrected chi connectivity index (χ3v) is 6.16. The van der Waals surface area contributed by atoms with Gasteiger partial charge in [0.1, 0.15) is 18.4 Å². The molecule has 0 aromatic carbocycles. The molecule has 1 amide bonds. The van der Waals surface area contributed by atoms with Gasteiger partial charge in [-0.2, -0.15) is 5.26 Å². The van der Waals surface area contributed by atoms with Crippen LogP contribution in [0.5, 0.6) is 0 Å². The van der Waals surface area contributed by atoms with Crippen molar-refractivity contribution in [2.45, 2.75) is 65.5 Å². The van der Waals surface area contributed by atoms with Crippen LogP contribution in [0.15, 0.2) is 28.8 Å². The highest BCUT2D eigenvalue weighted by Crippen LogP contribution is 2.27. The van der Waals surface area contributed by atoms with Gasteiger partial charge in [-0.25, -0.2) is 9.37 Å². The van der Waals surface area contributed by atoms with E-state index in [2.05, 4.69) is 21.4 Å². The monoisotopic (exact) mass is 441 g/mol. The zero-order chi connectivity index (χ0) is 23.3. The lowest BCUT2D eigenvalue weighted by molar-refractivity contribution is 0.0616. The number of carbonyl (C=O) groups is 1. The Kier molecular flexibility index (Phi) is 7.86. The molecule has 8 heteroatoms. The fourth-order valence-corrected chi connectivity index (χ4v) is 4.47. The van der Waals surface area contributed by atoms with Gasteiger partial charge < -0.3 is 19.9 Å². The van der Waals surface area contributed by atoms with E-state index in [0.29, 0.717) is 42.4 Å². The summed E-state index contributed by atoms with van der Waals surface area (Å²) in [4.78, 5) is 22.4. The van der Waals surface area contributed by atoms with E-state index in [4.69, 9.17) is 4.74 Å². The Labute approximate surface area is 189 Å². The molecule has 1 aromatic rings. The van der Waals surface area contributed by atoms with Crippen LogP contribution in [0.4, 0.5) is 4.39 Å². The summed E-state index contributed by atoms with van der Waals surface area (Å²) in [5, 5.41) is 12.9. The lowest BCUT2D eigenvalue weighted by Gasteiger charge is -2.37. The number of hydrogen-bond acceptors (Lipinski definition) is 5. The molecule has 0 radical (unpaired) electrons. The summed E-state index contributed by atoms with van der Waals surface area (Å²) < 4.78 is 19.0. The van der Waals surface area contributed by atoms with Crippen LogP contribution >= 0.6 is 0 Å². The van der Waals surface area contributed by atoms with E-state index in [1.54, 1.807) is 6.92 Å². The highest BCUT2D eigenvalue weighted by Gasteiger charge is 2.31. The molecule has 1 saturated carbocycles. The number of allylic oxidation sites excluding steroid dienone is 2. The minimum absolute atomic E-state index is 0.0890. The fourth-order valence-electron chi connectivity index (χ4n) is 4.47. The summed E-state index contributed by atoms with van der Waals surface area (Å²) in [5.41, 5.74) is 2.67. The van der Waals surface area contributed by atoms with Gasteiger partial charge in [0.25, 0.3) is 5.91 Å². The number of nitriles is 1. The molecule has 172 valence electrons. The van der Waals surface area contributed by atoms with E-state index in [-0.39, 0.29) is 29.6 Å². The Morgan fingerprint density at radius 1 is 1.47 bits per heavy atom. The van der Waals surface area contributed by atoms with Gasteiger partial charge in [-0.3, -0.25) is 4.79 Å². The predicted molar refractivity (Wildman–Crippen MR) is 121 cm³/mol. The number of rotatable bonds is 7. The van der Waals surface area contributed by atoms with Crippen LogP contribution in [0.1, 0.15) is 68.5 Å². The molecule has 1 aliphatic heterocycles. The number of aromatic amines is 1. The van der Waals surface area contributed by atoms with Gasteiger partial charge in [0.15, 0.2) is 5.82 Å². The van der Waals surface area contributed by atoms with Gasteiger partial charge in [0.2, 0.25) is 0 Å². The van der Waals surface area contributed by atoms with E-state index in [1.807, 2.05) is 24.8 Å². The number of aryl methyl sites for hydroxylation is 1. The summed E-state index contributed by atoms with van der Waals surface area (Å²) in [7, 11) is 0. The second-order valence-corrected chi connectivity index (χ2v) is 8.33. The number of nitrogens with zero attached hydrogens (tertiary/aromatic N) is 3. The highest BCUT2D eigenvalue weighted by atomic mass is 19.1. The first-order valence-corrected chi connectivity index (χ1v) is 11.2. The Bertz CT molecular complexity index is 981. The molecule has 1 aromatic heterocycles. The largest absolute Gasteiger partial charge is 0.490 e. The molecule has 2 aliphatic rings. The van der Waals surface area contributed by atoms with Crippen LogP contribution in [0.3, 0.4) is 0 Å². The number of imidazole rings is 1. The average Bonchev–Trinajstić information content (AvgIpc) is 3.35. The van der Waals surface area contributed by atoms with Gasteiger partial charge in [0.05, 0.1) is 23.6 Å². The first-order valence-electron chi connectivity index (χ1n) is 11.2. The van der Waals surface area contributed by atoms with Crippen molar-refractivity contribution in [3.8, 4) is 6.07 Å². The van der Waals surface area contributed by atoms with E-state index < -0.39 is 0 Å². The second kappa shape index (κ2) is 10.6. The van der Waals surface area contributed by atoms with E-state index in [0.717, 1.165) is 31.3 Å². The Balaban J connectivity index is 1.66. The summed E-state index contributed by atoms with van der Waals surface area (Å²) >= 11 is 0. The Morgan fingerprint density at radius 3 is 2.91 bits per heavy atom. The molecule has 0 bridgehead atoms. The number of halogens is 1. The molecule has 1 fully saturated rings. The van der Waals surface area contributed by atoms with Crippen molar-refractivity contribution in [1.29, 1.82) is 5.26 Å². The second-order valence-electron chi connectivity index (χ2n) is 8.33. The normalized spacial score (nSPS) is 22.8. The number of amides is 1. The van der Waals surface area contributed by atoms with Gasteiger partial charge in [0, 0.05) is 29.9 Å². The van der Waals surface area contributed by atoms with Crippen LogP contribution in [0.2, 0.25) is 0 Å². The van der Waals surface area contributed by atoms with Crippen LogP contribution < -0.4 is 5.32 Å². The molecular weight excluding hydrogens is 409 g/mol. The van der Waals surface area contributed by atoms with Crippen LogP contribution in [-0.2, 0) is 4.74 Å². The van der Waals surface area contributed by atoms with E-state index in [9.17, 15) is 14.4 Å². The standard InChI is InChI=1S/C24H32FN5O2/c1-5-17-14-32-22(20(17)12-26)13-27-18-8-7-9-19(11-18)30(6-2)24(31)23-28-16(4)21(29-23)10-15(3)25/h5,10,18-19,27H,6-9,11,13-14H2,1-4H3,(H,28,29)/b15-10+,17-5+. The molecule has 3 rings (SSSR count). The van der Waals surface area contributed by atoms with Crippen molar-refractivity contribution >= 4 is 12.0 Å². The molecular formula is C24H32FN5O2. The summed E-state index contributed by atoms with van der Waals surface area (Å²) in [6.07, 6.45) is 7.01. The smallest absolute Gasteiger partial charge is 0.289 e. The van der Waals surface area contributed by atoms with Crippen molar-refractivity contribution < 1.29 is 13.9 Å². The number of nitrogens with one attached hydrogen (secondary N) is 2. The Morgan fingerprint density at radius 2 is 2.25 bits per heavy atom. The zero-order valence-corrected chi connectivity index (χ0v) is 19.3. The molecule has 2 heterocycles. The number of hydrogen-bond donors (Lipinski definition) is 2. The lowest BCUT2D eigenvalue weighted by Crippen LogP contribution is -2.47. The predicted octanol–water partition coefficient (Wildman–Crippen LogP) is 4.17. The molecule has 2 unspecified atom stereocenters. The molecule has 2 N–H and O–H groups in total. The molecule has 2 atom stereocenters. The van der Waals surface area contributed by atoms with Crippen molar-refractivity contribution in [3.05, 3.63) is 46.0 Å². The van der Waals surface area contributed by atoms with Gasteiger partial charge in [-0.15, -0.1) is 0 Å². The van der Waals surface area contributed by atoms with Crippen LogP contribution in [0.25, 0.3) is 6.08 Å². The molecule has 1 aliphatic carbocycles. The third-order valence-electron chi connectivity index (χ3n) is 6.16. The van der Waals surface area contributed by atoms with Crippen molar-refractivity contribution in [1.82, 2.24) is 20.2 Å². The van der Waals surface area contributed by atoms with Gasteiger partial charge in [-0.1, -0.05) is 6.08 Å².